The molecule has 0 saturated heterocycles. The SMILES string of the molecule is NCCC(N)C1=NCCCN1.O=C(O)C(=O)O.O=C(O)C(=O)O. The van der Waals surface area contributed by atoms with Crippen LogP contribution in [0.1, 0.15) is 12.8 Å². The summed E-state index contributed by atoms with van der Waals surface area (Å²) in [4.78, 5) is 40.7. The molecule has 0 radical (unpaired) electrons. The first-order valence-electron chi connectivity index (χ1n) is 6.29. The van der Waals surface area contributed by atoms with Gasteiger partial charge in [-0.2, -0.15) is 0 Å². The van der Waals surface area contributed by atoms with Gasteiger partial charge in [-0.05, 0) is 19.4 Å². The molecule has 0 amide bonds. The van der Waals surface area contributed by atoms with E-state index in [1.54, 1.807) is 0 Å². The van der Waals surface area contributed by atoms with E-state index in [9.17, 15) is 0 Å². The molecule has 12 nitrogen and oxygen atoms in total. The minimum absolute atomic E-state index is 0.0142. The molecule has 1 atom stereocenters. The number of rotatable bonds is 3. The summed E-state index contributed by atoms with van der Waals surface area (Å²) in [5, 5.41) is 32.7. The number of amidine groups is 1. The Bertz CT molecular complexity index is 403. The highest BCUT2D eigenvalue weighted by Crippen LogP contribution is 1.95. The molecule has 12 heteroatoms. The van der Waals surface area contributed by atoms with Gasteiger partial charge in [0.1, 0.15) is 5.84 Å². The van der Waals surface area contributed by atoms with Gasteiger partial charge in [0.05, 0.1) is 6.04 Å². The van der Waals surface area contributed by atoms with E-state index >= 15 is 0 Å². The minimum Gasteiger partial charge on any atom is -0.473 e. The van der Waals surface area contributed by atoms with Crippen molar-refractivity contribution < 1.29 is 39.6 Å². The van der Waals surface area contributed by atoms with Crippen molar-refractivity contribution in [1.29, 1.82) is 0 Å². The van der Waals surface area contributed by atoms with E-state index < -0.39 is 23.9 Å². The van der Waals surface area contributed by atoms with Crippen LogP contribution >= 0.6 is 0 Å². The highest BCUT2D eigenvalue weighted by Gasteiger charge is 2.11. The molecular formula is C11H20N4O8. The van der Waals surface area contributed by atoms with Crippen LogP contribution in [-0.4, -0.2) is 75.8 Å². The molecule has 0 aromatic rings. The van der Waals surface area contributed by atoms with Crippen LogP contribution in [0.4, 0.5) is 0 Å². The van der Waals surface area contributed by atoms with Crippen LogP contribution in [0.5, 0.6) is 0 Å². The molecule has 1 aliphatic rings. The molecule has 0 spiro atoms. The van der Waals surface area contributed by atoms with Gasteiger partial charge in [0.2, 0.25) is 0 Å². The Morgan fingerprint density at radius 2 is 1.48 bits per heavy atom. The second kappa shape index (κ2) is 13.0. The van der Waals surface area contributed by atoms with Crippen molar-refractivity contribution in [2.24, 2.45) is 16.5 Å². The van der Waals surface area contributed by atoms with Gasteiger partial charge < -0.3 is 37.2 Å². The Hall–Kier alpha value is -2.73. The number of aliphatic imine (C=N–C) groups is 1. The first-order chi connectivity index (χ1) is 10.6. The Labute approximate surface area is 130 Å². The zero-order chi connectivity index (χ0) is 18.4. The van der Waals surface area contributed by atoms with Gasteiger partial charge >= 0.3 is 23.9 Å². The number of hydrogen-bond donors (Lipinski definition) is 7. The first-order valence-corrected chi connectivity index (χ1v) is 6.29. The Balaban J connectivity index is 0. The fourth-order valence-corrected chi connectivity index (χ4v) is 1.12. The molecule has 23 heavy (non-hydrogen) atoms. The fourth-order valence-electron chi connectivity index (χ4n) is 1.12. The maximum Gasteiger partial charge on any atom is 0.414 e. The van der Waals surface area contributed by atoms with Gasteiger partial charge in [-0.15, -0.1) is 0 Å². The highest BCUT2D eigenvalue weighted by atomic mass is 16.4. The van der Waals surface area contributed by atoms with Gasteiger partial charge in [0.25, 0.3) is 0 Å². The van der Waals surface area contributed by atoms with Crippen LogP contribution in [0, 0.1) is 0 Å². The number of aliphatic carboxylic acids is 4. The van der Waals surface area contributed by atoms with Crippen LogP contribution in [-0.2, 0) is 19.2 Å². The normalized spacial score (nSPS) is 13.6. The summed E-state index contributed by atoms with van der Waals surface area (Å²) in [5.74, 6) is -6.36. The monoisotopic (exact) mass is 336 g/mol. The minimum atomic E-state index is -1.82. The summed E-state index contributed by atoms with van der Waals surface area (Å²) in [6.07, 6.45) is 1.92. The number of carboxylic acids is 4. The maximum absolute atomic E-state index is 9.10. The van der Waals surface area contributed by atoms with Crippen LogP contribution in [0.15, 0.2) is 4.99 Å². The first kappa shape index (κ1) is 22.5. The van der Waals surface area contributed by atoms with Crippen molar-refractivity contribution in [2.75, 3.05) is 19.6 Å². The van der Waals surface area contributed by atoms with Crippen LogP contribution in [0.3, 0.4) is 0 Å². The van der Waals surface area contributed by atoms with Gasteiger partial charge in [0, 0.05) is 13.1 Å². The highest BCUT2D eigenvalue weighted by molar-refractivity contribution is 6.27. The van der Waals surface area contributed by atoms with Gasteiger partial charge in [0.15, 0.2) is 0 Å². The van der Waals surface area contributed by atoms with E-state index in [4.69, 9.17) is 51.1 Å². The molecule has 1 aliphatic heterocycles. The number of nitrogens with two attached hydrogens (primary N) is 2. The molecule has 0 aliphatic carbocycles. The quantitative estimate of drug-likeness (QED) is 0.263. The van der Waals surface area contributed by atoms with Crippen LogP contribution in [0.25, 0.3) is 0 Å². The topological polar surface area (TPSA) is 226 Å². The Kier molecular flexibility index (Phi) is 12.7. The molecule has 0 saturated carbocycles. The maximum atomic E-state index is 9.10. The van der Waals surface area contributed by atoms with E-state index in [1.807, 2.05) is 0 Å². The van der Waals surface area contributed by atoms with Crippen molar-refractivity contribution in [1.82, 2.24) is 5.32 Å². The molecule has 0 fully saturated rings. The van der Waals surface area contributed by atoms with E-state index in [0.29, 0.717) is 6.54 Å². The van der Waals surface area contributed by atoms with E-state index in [-0.39, 0.29) is 6.04 Å². The molecule has 0 aromatic heterocycles. The number of hydrogen-bond acceptors (Lipinski definition) is 8. The Morgan fingerprint density at radius 3 is 1.74 bits per heavy atom. The lowest BCUT2D eigenvalue weighted by atomic mass is 10.2. The Morgan fingerprint density at radius 1 is 1.04 bits per heavy atom. The number of nitrogens with one attached hydrogen (secondary N) is 1. The fraction of sp³-hybridized carbons (Fsp3) is 0.545. The zero-order valence-corrected chi connectivity index (χ0v) is 12.1. The van der Waals surface area contributed by atoms with Gasteiger partial charge in [-0.1, -0.05) is 0 Å². The zero-order valence-electron chi connectivity index (χ0n) is 12.1. The summed E-state index contributed by atoms with van der Waals surface area (Å²) < 4.78 is 0. The average Bonchev–Trinajstić information content (AvgIpc) is 2.49. The standard InChI is InChI=1S/C7H16N4.2C2H2O4/c8-3-2-6(9)7-10-4-1-5-11-7;2*3-1(4)2(5)6/h6H,1-5,8-9H2,(H,10,11);2*(H,3,4)(H,5,6). The van der Waals surface area contributed by atoms with E-state index in [1.165, 1.54) is 0 Å². The van der Waals surface area contributed by atoms with Crippen molar-refractivity contribution in [3.8, 4) is 0 Å². The third-order valence-corrected chi connectivity index (χ3v) is 2.12. The van der Waals surface area contributed by atoms with Gasteiger partial charge in [-0.25, -0.2) is 19.2 Å². The summed E-state index contributed by atoms with van der Waals surface area (Å²) in [7, 11) is 0. The number of carbonyl (C=O) groups is 4. The number of carboxylic acid groups (broad SMARTS) is 4. The smallest absolute Gasteiger partial charge is 0.414 e. The molecular weight excluding hydrogens is 316 g/mol. The van der Waals surface area contributed by atoms with Crippen molar-refractivity contribution in [2.45, 2.75) is 18.9 Å². The molecule has 132 valence electrons. The number of nitrogens with zero attached hydrogens (tertiary/aromatic N) is 1. The lowest BCUT2D eigenvalue weighted by Gasteiger charge is -2.19. The van der Waals surface area contributed by atoms with Crippen molar-refractivity contribution in [3.63, 3.8) is 0 Å². The molecule has 0 aromatic carbocycles. The van der Waals surface area contributed by atoms with Crippen molar-refractivity contribution >= 4 is 29.7 Å². The summed E-state index contributed by atoms with van der Waals surface area (Å²) >= 11 is 0. The second-order valence-electron chi connectivity index (χ2n) is 3.95. The predicted octanol–water partition coefficient (Wildman–Crippen LogP) is -2.63. The summed E-state index contributed by atoms with van der Waals surface area (Å²) in [6, 6.07) is 0.0142. The van der Waals surface area contributed by atoms with Crippen molar-refractivity contribution in [3.05, 3.63) is 0 Å². The largest absolute Gasteiger partial charge is 0.473 e. The molecule has 1 heterocycles. The van der Waals surface area contributed by atoms with E-state index in [2.05, 4.69) is 10.3 Å². The third kappa shape index (κ3) is 14.0. The van der Waals surface area contributed by atoms with Crippen LogP contribution in [0.2, 0.25) is 0 Å². The van der Waals surface area contributed by atoms with Gasteiger partial charge in [-0.3, -0.25) is 4.99 Å². The summed E-state index contributed by atoms with van der Waals surface area (Å²) in [6.45, 7) is 2.53. The average molecular weight is 336 g/mol. The lowest BCUT2D eigenvalue weighted by molar-refractivity contribution is -0.159. The summed E-state index contributed by atoms with van der Waals surface area (Å²) in [5.41, 5.74) is 11.2. The molecule has 0 bridgehead atoms. The molecule has 1 unspecified atom stereocenters. The molecule has 1 rings (SSSR count). The second-order valence-corrected chi connectivity index (χ2v) is 3.95. The lowest BCUT2D eigenvalue weighted by Crippen LogP contribution is -2.44. The molecule has 9 N–H and O–H groups in total. The third-order valence-electron chi connectivity index (χ3n) is 2.12. The van der Waals surface area contributed by atoms with E-state index in [0.717, 1.165) is 31.8 Å². The van der Waals surface area contributed by atoms with Crippen LogP contribution < -0.4 is 16.8 Å². The predicted molar refractivity (Wildman–Crippen MR) is 77.1 cm³/mol.